The SMILES string of the molecule is C=N/C(=N\C(=N/Cc1ccc(-c2cccc(-n3c4c(c5ccccc53)C=CC(c3ccccc3)C4)c2CC)cc1)c1cccc(-c2ccccc2)c1)C1(C)C=CC=CC1. The topological polar surface area (TPSA) is 42.0 Å². The van der Waals surface area contributed by atoms with E-state index in [-0.39, 0.29) is 5.41 Å². The number of hydrogen-bond donors (Lipinski definition) is 0. The summed E-state index contributed by atoms with van der Waals surface area (Å²) < 4.78 is 2.54. The molecule has 4 nitrogen and oxygen atoms in total. The predicted molar refractivity (Wildman–Crippen MR) is 250 cm³/mol. The van der Waals surface area contributed by atoms with Gasteiger partial charge in [0, 0.05) is 39.2 Å². The molecule has 9 rings (SSSR count). The first-order valence-electron chi connectivity index (χ1n) is 20.7. The first-order valence-corrected chi connectivity index (χ1v) is 20.7. The molecule has 0 amide bonds. The molecule has 2 unspecified atom stereocenters. The molecule has 6 aromatic carbocycles. The lowest BCUT2D eigenvalue weighted by molar-refractivity contribution is 0.597. The van der Waals surface area contributed by atoms with E-state index in [1.807, 2.05) is 6.07 Å². The second-order valence-electron chi connectivity index (χ2n) is 15.7. The summed E-state index contributed by atoms with van der Waals surface area (Å²) in [5, 5.41) is 1.30. The highest BCUT2D eigenvalue weighted by molar-refractivity contribution is 6.09. The Morgan fingerprint density at radius 3 is 2.27 bits per heavy atom. The number of allylic oxidation sites excluding steroid dienone is 4. The number of fused-ring (bicyclic) bond motifs is 3. The Hall–Kier alpha value is -6.91. The summed E-state index contributed by atoms with van der Waals surface area (Å²) in [5.74, 6) is 1.64. The summed E-state index contributed by atoms with van der Waals surface area (Å²) in [4.78, 5) is 14.8. The van der Waals surface area contributed by atoms with Crippen LogP contribution in [0.2, 0.25) is 0 Å². The fraction of sp³-hybridized carbons (Fsp3) is 0.145. The van der Waals surface area contributed by atoms with Crippen molar-refractivity contribution in [1.82, 2.24) is 4.57 Å². The van der Waals surface area contributed by atoms with Gasteiger partial charge in [0.15, 0.2) is 5.84 Å². The summed E-state index contributed by atoms with van der Waals surface area (Å²) in [7, 11) is 0. The van der Waals surface area contributed by atoms with Gasteiger partial charge in [-0.05, 0) is 90.0 Å². The molecule has 0 fully saturated rings. The highest BCUT2D eigenvalue weighted by Crippen LogP contribution is 2.40. The number of rotatable bonds is 9. The molecule has 2 aliphatic rings. The second-order valence-corrected chi connectivity index (χ2v) is 15.7. The average molecular weight is 765 g/mol. The zero-order valence-electron chi connectivity index (χ0n) is 33.8. The summed E-state index contributed by atoms with van der Waals surface area (Å²) >= 11 is 0. The molecule has 0 saturated heterocycles. The summed E-state index contributed by atoms with van der Waals surface area (Å²) in [6, 6.07) is 54.3. The van der Waals surface area contributed by atoms with Crippen LogP contribution in [0.1, 0.15) is 59.7 Å². The van der Waals surface area contributed by atoms with Crippen molar-refractivity contribution in [3.8, 4) is 27.9 Å². The maximum atomic E-state index is 5.18. The molecule has 2 atom stereocenters. The average Bonchev–Trinajstić information content (AvgIpc) is 3.63. The van der Waals surface area contributed by atoms with E-state index in [1.165, 1.54) is 50.1 Å². The van der Waals surface area contributed by atoms with Crippen LogP contribution >= 0.6 is 0 Å². The van der Waals surface area contributed by atoms with Gasteiger partial charge in [0.2, 0.25) is 0 Å². The van der Waals surface area contributed by atoms with E-state index in [0.29, 0.717) is 24.1 Å². The Morgan fingerprint density at radius 1 is 0.763 bits per heavy atom. The van der Waals surface area contributed by atoms with E-state index in [4.69, 9.17) is 9.98 Å². The molecular formula is C55H48N4. The molecule has 7 aromatic rings. The molecule has 0 N–H and O–H groups in total. The first-order chi connectivity index (χ1) is 29.0. The van der Waals surface area contributed by atoms with Gasteiger partial charge in [0.05, 0.1) is 12.1 Å². The van der Waals surface area contributed by atoms with Gasteiger partial charge in [-0.3, -0.25) is 4.99 Å². The molecule has 2 aliphatic carbocycles. The van der Waals surface area contributed by atoms with E-state index >= 15 is 0 Å². The van der Waals surface area contributed by atoms with Gasteiger partial charge in [-0.15, -0.1) is 0 Å². The van der Waals surface area contributed by atoms with Crippen molar-refractivity contribution in [3.05, 3.63) is 216 Å². The van der Waals surface area contributed by atoms with Crippen LogP contribution in [0.4, 0.5) is 0 Å². The Bertz CT molecular complexity index is 2800. The second kappa shape index (κ2) is 16.5. The largest absolute Gasteiger partial charge is 0.313 e. The summed E-state index contributed by atoms with van der Waals surface area (Å²) in [6.07, 6.45) is 15.8. The molecular weight excluding hydrogens is 717 g/mol. The fourth-order valence-corrected chi connectivity index (χ4v) is 8.78. The van der Waals surface area contributed by atoms with Gasteiger partial charge >= 0.3 is 0 Å². The number of benzene rings is 6. The van der Waals surface area contributed by atoms with E-state index in [9.17, 15) is 0 Å². The maximum Gasteiger partial charge on any atom is 0.157 e. The molecule has 0 radical (unpaired) electrons. The molecule has 1 heterocycles. The number of amidine groups is 2. The van der Waals surface area contributed by atoms with Crippen LogP contribution in [0.3, 0.4) is 0 Å². The standard InChI is InChI=1S/C55H48N4/c1-4-46-47(25-17-27-50(46)59-51-26-13-12-24-48(51)49-33-32-44(37-52(49)59)41-20-10-6-11-21-41)42-30-28-39(29-31-42)38-57-53(58-54(56-3)55(2)34-14-7-15-35-55)45-23-16-22-43(36-45)40-18-8-5-9-19-40/h5-34,36,44H,3-4,35,37-38H2,1-2H3/b57-53-,58-54-. The lowest BCUT2D eigenvalue weighted by Crippen LogP contribution is -2.25. The third-order valence-corrected chi connectivity index (χ3v) is 11.9. The Labute approximate surface area is 348 Å². The van der Waals surface area contributed by atoms with Crippen molar-refractivity contribution in [1.29, 1.82) is 0 Å². The van der Waals surface area contributed by atoms with Crippen molar-refractivity contribution in [2.45, 2.75) is 45.6 Å². The smallest absolute Gasteiger partial charge is 0.157 e. The molecule has 288 valence electrons. The van der Waals surface area contributed by atoms with Gasteiger partial charge in [-0.25, -0.2) is 9.98 Å². The highest BCUT2D eigenvalue weighted by atomic mass is 15.0. The Kier molecular flexibility index (Phi) is 10.5. The van der Waals surface area contributed by atoms with Crippen LogP contribution in [0.5, 0.6) is 0 Å². The minimum Gasteiger partial charge on any atom is -0.313 e. The number of hydrogen-bond acceptors (Lipinski definition) is 1. The number of aliphatic imine (C=N–C) groups is 3. The van der Waals surface area contributed by atoms with Crippen molar-refractivity contribution < 1.29 is 0 Å². The van der Waals surface area contributed by atoms with Crippen LogP contribution in [0, 0.1) is 5.41 Å². The van der Waals surface area contributed by atoms with Crippen molar-refractivity contribution in [2.75, 3.05) is 0 Å². The summed E-state index contributed by atoms with van der Waals surface area (Å²) in [5.41, 5.74) is 14.3. The maximum absolute atomic E-state index is 5.18. The van der Waals surface area contributed by atoms with E-state index < -0.39 is 0 Å². The quantitative estimate of drug-likeness (QED) is 0.104. The van der Waals surface area contributed by atoms with Gasteiger partial charge < -0.3 is 4.57 Å². The minimum atomic E-state index is -0.367. The molecule has 1 aromatic heterocycles. The van der Waals surface area contributed by atoms with E-state index in [2.05, 4.69) is 212 Å². The number of nitrogens with zero attached hydrogens (tertiary/aromatic N) is 4. The molecule has 0 spiro atoms. The van der Waals surface area contributed by atoms with Gasteiger partial charge in [-0.2, -0.15) is 0 Å². The zero-order valence-corrected chi connectivity index (χ0v) is 33.8. The molecule has 59 heavy (non-hydrogen) atoms. The van der Waals surface area contributed by atoms with Crippen LogP contribution in [0.15, 0.2) is 197 Å². The van der Waals surface area contributed by atoms with Crippen LogP contribution in [-0.4, -0.2) is 23.0 Å². The highest BCUT2D eigenvalue weighted by Gasteiger charge is 2.28. The first kappa shape index (κ1) is 37.7. The predicted octanol–water partition coefficient (Wildman–Crippen LogP) is 13.4. The third-order valence-electron chi connectivity index (χ3n) is 11.9. The Morgan fingerprint density at radius 2 is 1.51 bits per heavy atom. The van der Waals surface area contributed by atoms with Gasteiger partial charge in [0.1, 0.15) is 5.84 Å². The minimum absolute atomic E-state index is 0.332. The molecule has 0 aliphatic heterocycles. The summed E-state index contributed by atoms with van der Waals surface area (Å²) in [6.45, 7) is 8.85. The molecule has 4 heteroatoms. The number of para-hydroxylation sites is 1. The van der Waals surface area contributed by atoms with Crippen molar-refractivity contribution in [2.24, 2.45) is 20.4 Å². The van der Waals surface area contributed by atoms with E-state index in [0.717, 1.165) is 41.5 Å². The van der Waals surface area contributed by atoms with Crippen LogP contribution in [0.25, 0.3) is 44.9 Å². The Balaban J connectivity index is 1.06. The molecule has 0 saturated carbocycles. The van der Waals surface area contributed by atoms with Gasteiger partial charge in [0.25, 0.3) is 0 Å². The van der Waals surface area contributed by atoms with Crippen LogP contribution in [-0.2, 0) is 19.4 Å². The van der Waals surface area contributed by atoms with Gasteiger partial charge in [-0.1, -0.05) is 177 Å². The normalized spacial score (nSPS) is 17.6. The lowest BCUT2D eigenvalue weighted by atomic mass is 9.82. The third kappa shape index (κ3) is 7.50. The van der Waals surface area contributed by atoms with E-state index in [1.54, 1.807) is 0 Å². The van der Waals surface area contributed by atoms with Crippen molar-refractivity contribution in [3.63, 3.8) is 0 Å². The van der Waals surface area contributed by atoms with Crippen molar-refractivity contribution >= 4 is 35.4 Å². The zero-order chi connectivity index (χ0) is 40.2. The fourth-order valence-electron chi connectivity index (χ4n) is 8.78. The van der Waals surface area contributed by atoms with Crippen LogP contribution < -0.4 is 0 Å². The lowest BCUT2D eigenvalue weighted by Gasteiger charge is -2.25. The molecule has 0 bridgehead atoms. The number of aromatic nitrogens is 1. The monoisotopic (exact) mass is 764 g/mol.